The topological polar surface area (TPSA) is 0 Å². The van der Waals surface area contributed by atoms with Crippen molar-refractivity contribution in [2.24, 2.45) is 0 Å². The van der Waals surface area contributed by atoms with Gasteiger partial charge in [0.1, 0.15) is 0 Å². The van der Waals surface area contributed by atoms with Gasteiger partial charge in [-0.3, -0.25) is 0 Å². The molecule has 0 aliphatic rings. The third-order valence-electron chi connectivity index (χ3n) is 9.33. The van der Waals surface area contributed by atoms with Crippen LogP contribution in [-0.2, 0) is 0 Å². The Labute approximate surface area is 323 Å². The zero-order valence-corrected chi connectivity index (χ0v) is 26.6. The van der Waals surface area contributed by atoms with E-state index in [1.807, 2.05) is 0 Å². The molecular weight excluding hydrogens is 497 g/mol. The predicted molar refractivity (Wildman–Crippen MR) is 265 cm³/mol. The molecule has 0 saturated carbocycles. The van der Waals surface area contributed by atoms with E-state index in [0.717, 1.165) is 0 Å². The van der Waals surface area contributed by atoms with Crippen LogP contribution >= 0.6 is 0 Å². The minimum atomic E-state index is -1.30. The van der Waals surface area contributed by atoms with E-state index < -0.39 is 140 Å². The summed E-state index contributed by atoms with van der Waals surface area (Å²) in [5.41, 5.74) is 0. The van der Waals surface area contributed by atoms with Gasteiger partial charge in [0, 0.05) is 326 Å². The highest BCUT2D eigenvalue weighted by molar-refractivity contribution is 8.34. The lowest BCUT2D eigenvalue weighted by Gasteiger charge is -2.56. The first-order chi connectivity index (χ1) is 20.9. The van der Waals surface area contributed by atoms with E-state index in [1.165, 1.54) is 0 Å². The Kier molecular flexibility index (Phi) is 23.7. The van der Waals surface area contributed by atoms with Gasteiger partial charge in [-0.2, -0.15) is 0 Å². The highest BCUT2D eigenvalue weighted by Gasteiger charge is 2.59. The molecule has 0 fully saturated rings. The molecule has 46 heavy (non-hydrogen) atoms. The molecule has 0 nitrogen and oxygen atoms in total. The number of hydrogen-bond donors (Lipinski definition) is 0. The van der Waals surface area contributed by atoms with Gasteiger partial charge in [-0.25, -0.2) is 0 Å². The van der Waals surface area contributed by atoms with Crippen LogP contribution in [0.5, 0.6) is 0 Å². The summed E-state index contributed by atoms with van der Waals surface area (Å²) in [7, 11) is 153. The molecule has 0 aliphatic carbocycles. The lowest BCUT2D eigenvalue weighted by atomic mass is 8.25. The zero-order valence-electron chi connectivity index (χ0n) is 26.6. The summed E-state index contributed by atoms with van der Waals surface area (Å²) in [6, 6.07) is 0. The second-order valence-electron chi connectivity index (χ2n) is 12.7. The first-order valence-corrected chi connectivity index (χ1v) is 15.0. The highest BCUT2D eigenvalue weighted by atomic mass is 13.4. The van der Waals surface area contributed by atoms with Crippen LogP contribution in [0, 0.1) is 0 Å². The van der Waals surface area contributed by atoms with Crippen LogP contribution < -0.4 is 0 Å². The molecule has 46 heteroatoms. The molecule has 0 heterocycles. The van der Waals surface area contributed by atoms with Crippen LogP contribution in [0.2, 0.25) is 0 Å². The molecule has 0 aromatic carbocycles. The third-order valence-corrected chi connectivity index (χ3v) is 9.33. The van der Waals surface area contributed by atoms with Gasteiger partial charge in [0.05, 0.1) is 0 Å². The molecular formula is B46. The van der Waals surface area contributed by atoms with Crippen molar-refractivity contribution in [3.8, 4) is 0 Å². The summed E-state index contributed by atoms with van der Waals surface area (Å²) in [4.78, 5) is 0. The van der Waals surface area contributed by atoms with Crippen LogP contribution in [-0.4, -0.2) is 326 Å². The molecule has 0 aromatic heterocycles. The fourth-order valence-electron chi connectivity index (χ4n) is 7.70. The summed E-state index contributed by atoms with van der Waals surface area (Å²) < 4.78 is 0. The van der Waals surface area contributed by atoms with Gasteiger partial charge >= 0.3 is 0 Å². The largest absolute Gasteiger partial charge is 0 e. The number of hydrogen-bond acceptors (Lipinski definition) is 0. The third kappa shape index (κ3) is 13.1. The van der Waals surface area contributed by atoms with Gasteiger partial charge in [-0.05, 0) is 0 Å². The Balaban J connectivity index is 9.13. The van der Waals surface area contributed by atoms with E-state index in [9.17, 15) is 0 Å². The van der Waals surface area contributed by atoms with Crippen molar-refractivity contribution in [2.45, 2.75) is 0 Å². The molecule has 0 aromatic rings. The number of rotatable bonds is 21. The van der Waals surface area contributed by atoms with Gasteiger partial charge in [-0.1, -0.05) is 0 Å². The molecule has 48 radical (unpaired) electrons. The zero-order chi connectivity index (χ0) is 36.7. The minimum absolute atomic E-state index is 1.15. The van der Waals surface area contributed by atoms with Crippen molar-refractivity contribution in [3.05, 3.63) is 0 Å². The van der Waals surface area contributed by atoms with E-state index >= 15 is 0 Å². The molecule has 0 aliphatic heterocycles. The second-order valence-corrected chi connectivity index (χ2v) is 12.7. The smallest absolute Gasteiger partial charge is 0 e. The average Bonchev–Trinajstić information content (AvgIpc) is 2.81. The maximum absolute atomic E-state index is 6.36. The maximum atomic E-state index is 6.36. The van der Waals surface area contributed by atoms with Crippen LogP contribution in [0.1, 0.15) is 0 Å². The summed E-state index contributed by atoms with van der Waals surface area (Å²) in [5, 5.41) is 0. The van der Waals surface area contributed by atoms with E-state index in [0.29, 0.717) is 0 Å². The normalized spacial score (nSPS) is 9.65. The Morgan fingerprint density at radius 3 is 0.239 bits per heavy atom. The Morgan fingerprint density at radius 2 is 0.174 bits per heavy atom. The molecule has 0 spiro atoms. The predicted octanol–water partition coefficient (Wildman–Crippen LogP) is -17.5. The highest BCUT2D eigenvalue weighted by Crippen LogP contribution is 2.21. The van der Waals surface area contributed by atoms with Crippen LogP contribution in [0.15, 0.2) is 0 Å². The molecule has 138 valence electrons. The monoisotopic (exact) mass is 506 g/mol. The van der Waals surface area contributed by atoms with E-state index in [-0.39, 0.29) is 0 Å². The Hall–Kier alpha value is 2.99. The van der Waals surface area contributed by atoms with Gasteiger partial charge in [0.25, 0.3) is 0 Å². The van der Waals surface area contributed by atoms with Crippen LogP contribution in [0.3, 0.4) is 0 Å². The van der Waals surface area contributed by atoms with Gasteiger partial charge < -0.3 is 0 Å². The summed E-state index contributed by atoms with van der Waals surface area (Å²) in [6.07, 6.45) is -27.2. The van der Waals surface area contributed by atoms with E-state index in [1.54, 1.807) is 0 Å². The standard InChI is InChI=1S/B46/c1-25(2)37(26(3)4)43(38(27(5)6)28(7)8)46(44(39(29(9)10)30(11)12)40(31(13)14)32(15)16)45(41(33(17)18)34(19)20)42(35(21)22)36(23)24. The lowest BCUT2D eigenvalue weighted by Crippen LogP contribution is -2.94. The first-order valence-electron chi connectivity index (χ1n) is 15.0. The average molecular weight is 497 g/mol. The molecule has 0 unspecified atom stereocenters. The van der Waals surface area contributed by atoms with Crippen molar-refractivity contribution in [3.63, 3.8) is 0 Å². The quantitative estimate of drug-likeness (QED) is 0.138. The lowest BCUT2D eigenvalue weighted by molar-refractivity contribution is 3.19. The first kappa shape index (κ1) is 49.0. The fourth-order valence-corrected chi connectivity index (χ4v) is 7.70. The van der Waals surface area contributed by atoms with Gasteiger partial charge in [-0.15, -0.1) is 0 Å². The van der Waals surface area contributed by atoms with E-state index in [2.05, 4.69) is 0 Å². The Morgan fingerprint density at radius 1 is 0.109 bits per heavy atom. The molecule has 0 bridgehead atoms. The fraction of sp³-hybridized carbons (Fsp3) is 0. The maximum Gasteiger partial charge on any atom is 0 e. The Bertz CT molecular complexity index is 561. The van der Waals surface area contributed by atoms with Crippen molar-refractivity contribution >= 4 is 326 Å². The molecule has 0 rings (SSSR count). The minimum Gasteiger partial charge on any atom is 0 e. The molecule has 0 atom stereocenters. The van der Waals surface area contributed by atoms with Crippen molar-refractivity contribution < 1.29 is 0 Å². The van der Waals surface area contributed by atoms with E-state index in [4.69, 9.17) is 186 Å². The summed E-state index contributed by atoms with van der Waals surface area (Å²) in [5.74, 6) is 0. The summed E-state index contributed by atoms with van der Waals surface area (Å²) in [6.45, 7) is 0. The van der Waals surface area contributed by atoms with Crippen molar-refractivity contribution in [2.75, 3.05) is 0 Å². The van der Waals surface area contributed by atoms with Crippen LogP contribution in [0.25, 0.3) is 0 Å². The van der Waals surface area contributed by atoms with Crippen molar-refractivity contribution in [1.82, 2.24) is 0 Å². The molecule has 0 amide bonds. The molecule has 0 saturated heterocycles. The van der Waals surface area contributed by atoms with Gasteiger partial charge in [0.2, 0.25) is 0 Å². The summed E-state index contributed by atoms with van der Waals surface area (Å²) >= 11 is 0. The van der Waals surface area contributed by atoms with Gasteiger partial charge in [0.15, 0.2) is 0 Å². The van der Waals surface area contributed by atoms with Crippen LogP contribution in [0.4, 0.5) is 0 Å². The van der Waals surface area contributed by atoms with Crippen molar-refractivity contribution in [1.29, 1.82) is 0 Å². The molecule has 0 N–H and O–H groups in total. The SMILES string of the molecule is [B]B([B])B(B([B])[B])B(B(B([B])[B])B([B])[B])B(B(B(B([B])[B])B([B])[B])B(B([B])[B])B([B])[B])B(B(B([B])[B])B([B])[B])B(B([B])[B])B([B])[B]. The second kappa shape index (κ2) is 22.3.